The summed E-state index contributed by atoms with van der Waals surface area (Å²) in [5.74, 6) is -0.0135. The van der Waals surface area contributed by atoms with Crippen LogP contribution in [-0.4, -0.2) is 50.0 Å². The summed E-state index contributed by atoms with van der Waals surface area (Å²) in [7, 11) is -0.224. The van der Waals surface area contributed by atoms with Crippen LogP contribution >= 0.6 is 0 Å². The van der Waals surface area contributed by atoms with E-state index in [0.29, 0.717) is 11.5 Å². The number of hydrogen-bond donors (Lipinski definition) is 2. The van der Waals surface area contributed by atoms with Crippen LogP contribution in [-0.2, 0) is 26.2 Å². The third kappa shape index (κ3) is 5.86. The number of anilines is 2. The molecule has 1 aromatic heterocycles. The van der Waals surface area contributed by atoms with Crippen molar-refractivity contribution >= 4 is 27.9 Å². The molecule has 0 saturated carbocycles. The monoisotopic (exact) mass is 408 g/mol. The number of nitrogens with one attached hydrogen (secondary N) is 1. The Kier molecular flexibility index (Phi) is 6.86. The summed E-state index contributed by atoms with van der Waals surface area (Å²) in [4.78, 5) is 25.7. The molecule has 1 heterocycles. The summed E-state index contributed by atoms with van der Waals surface area (Å²) < 4.78 is 32.3. The maximum atomic E-state index is 12.4. The van der Waals surface area contributed by atoms with Crippen LogP contribution in [0, 0.1) is 13.8 Å². The molecule has 0 fully saturated rings. The number of rotatable bonds is 8. The first-order valence-corrected chi connectivity index (χ1v) is 9.97. The van der Waals surface area contributed by atoms with E-state index in [1.807, 2.05) is 13.0 Å². The standard InChI is InChI=1S/C17H24N6O4S/c1-11-5-6-12(2)13(9-11)28(25,26)19-8-7-15(24)27-10-14-20-16(18)22-17(21-14)23(3)4/h5-6,9,19H,7-8,10H2,1-4H3,(H2,18,20,21,22). The predicted octanol–water partition coefficient (Wildman–Crippen LogP) is 0.548. The van der Waals surface area contributed by atoms with E-state index in [0.717, 1.165) is 5.56 Å². The van der Waals surface area contributed by atoms with Gasteiger partial charge in [-0.05, 0) is 31.0 Å². The largest absolute Gasteiger partial charge is 0.457 e. The molecule has 0 aliphatic carbocycles. The maximum absolute atomic E-state index is 12.4. The molecule has 2 aromatic rings. The zero-order valence-electron chi connectivity index (χ0n) is 16.3. The number of ether oxygens (including phenoxy) is 1. The molecule has 152 valence electrons. The summed E-state index contributed by atoms with van der Waals surface area (Å²) in [6.07, 6.45) is -0.134. The van der Waals surface area contributed by atoms with Crippen LogP contribution in [0.1, 0.15) is 23.4 Å². The van der Waals surface area contributed by atoms with Crippen LogP contribution in [0.15, 0.2) is 23.1 Å². The number of carbonyl (C=O) groups is 1. The van der Waals surface area contributed by atoms with Gasteiger partial charge in [-0.2, -0.15) is 15.0 Å². The van der Waals surface area contributed by atoms with Gasteiger partial charge in [-0.15, -0.1) is 0 Å². The number of aryl methyl sites for hydroxylation is 2. The SMILES string of the molecule is Cc1ccc(C)c(S(=O)(=O)NCCC(=O)OCc2nc(N)nc(N(C)C)n2)c1. The third-order valence-electron chi connectivity index (χ3n) is 3.70. The lowest BCUT2D eigenvalue weighted by molar-refractivity contribution is -0.145. The van der Waals surface area contributed by atoms with E-state index in [1.165, 1.54) is 0 Å². The summed E-state index contributed by atoms with van der Waals surface area (Å²) in [6.45, 7) is 3.25. The molecule has 0 unspecified atom stereocenters. The van der Waals surface area contributed by atoms with Gasteiger partial charge in [0.25, 0.3) is 0 Å². The molecule has 0 atom stereocenters. The Hall–Kier alpha value is -2.79. The number of nitrogens with zero attached hydrogens (tertiary/aromatic N) is 4. The second-order valence-electron chi connectivity index (χ2n) is 6.38. The molecule has 0 radical (unpaired) electrons. The van der Waals surface area contributed by atoms with Gasteiger partial charge in [0.15, 0.2) is 12.4 Å². The lowest BCUT2D eigenvalue weighted by Crippen LogP contribution is -2.27. The van der Waals surface area contributed by atoms with Crippen molar-refractivity contribution in [3.63, 3.8) is 0 Å². The highest BCUT2D eigenvalue weighted by molar-refractivity contribution is 7.89. The number of nitrogens with two attached hydrogens (primary N) is 1. The Morgan fingerprint density at radius 3 is 2.61 bits per heavy atom. The molecule has 0 aliphatic rings. The van der Waals surface area contributed by atoms with E-state index >= 15 is 0 Å². The highest BCUT2D eigenvalue weighted by Gasteiger charge is 2.17. The van der Waals surface area contributed by atoms with Crippen LogP contribution in [0.2, 0.25) is 0 Å². The molecule has 2 rings (SSSR count). The van der Waals surface area contributed by atoms with E-state index in [9.17, 15) is 13.2 Å². The molecule has 28 heavy (non-hydrogen) atoms. The predicted molar refractivity (Wildman–Crippen MR) is 104 cm³/mol. The fourth-order valence-electron chi connectivity index (χ4n) is 2.27. The van der Waals surface area contributed by atoms with Crippen molar-refractivity contribution in [2.75, 3.05) is 31.3 Å². The van der Waals surface area contributed by atoms with Crippen molar-refractivity contribution < 1.29 is 17.9 Å². The van der Waals surface area contributed by atoms with Crippen molar-refractivity contribution in [1.29, 1.82) is 0 Å². The molecule has 3 N–H and O–H groups in total. The molecular weight excluding hydrogens is 384 g/mol. The van der Waals surface area contributed by atoms with Crippen molar-refractivity contribution in [3.8, 4) is 0 Å². The fourth-order valence-corrected chi connectivity index (χ4v) is 3.63. The molecule has 0 amide bonds. The highest BCUT2D eigenvalue weighted by atomic mass is 32.2. The van der Waals surface area contributed by atoms with Crippen molar-refractivity contribution in [1.82, 2.24) is 19.7 Å². The highest BCUT2D eigenvalue weighted by Crippen LogP contribution is 2.16. The van der Waals surface area contributed by atoms with Gasteiger partial charge in [-0.25, -0.2) is 13.1 Å². The number of nitrogen functional groups attached to an aromatic ring is 1. The van der Waals surface area contributed by atoms with Gasteiger partial charge in [0.2, 0.25) is 21.9 Å². The van der Waals surface area contributed by atoms with E-state index < -0.39 is 16.0 Å². The molecule has 0 aliphatic heterocycles. The third-order valence-corrected chi connectivity index (χ3v) is 5.31. The summed E-state index contributed by atoms with van der Waals surface area (Å²) in [5, 5.41) is 0. The number of benzene rings is 1. The zero-order valence-corrected chi connectivity index (χ0v) is 17.1. The number of aromatic nitrogens is 3. The fraction of sp³-hybridized carbons (Fsp3) is 0.412. The lowest BCUT2D eigenvalue weighted by Gasteiger charge is -2.12. The molecule has 10 nitrogen and oxygen atoms in total. The molecule has 1 aromatic carbocycles. The van der Waals surface area contributed by atoms with Gasteiger partial charge < -0.3 is 15.4 Å². The van der Waals surface area contributed by atoms with Crippen LogP contribution in [0.25, 0.3) is 0 Å². The van der Waals surface area contributed by atoms with E-state index in [2.05, 4.69) is 19.7 Å². The van der Waals surface area contributed by atoms with Crippen LogP contribution in [0.5, 0.6) is 0 Å². The molecule has 0 saturated heterocycles. The zero-order chi connectivity index (χ0) is 20.9. The minimum atomic E-state index is -3.71. The number of hydrogen-bond acceptors (Lipinski definition) is 9. The van der Waals surface area contributed by atoms with E-state index in [1.54, 1.807) is 38.1 Å². The van der Waals surface area contributed by atoms with Crippen LogP contribution in [0.4, 0.5) is 11.9 Å². The van der Waals surface area contributed by atoms with Crippen LogP contribution in [0.3, 0.4) is 0 Å². The molecular formula is C17H24N6O4S. The normalized spacial score (nSPS) is 11.3. The number of esters is 1. The molecule has 11 heteroatoms. The Morgan fingerprint density at radius 1 is 1.21 bits per heavy atom. The average molecular weight is 408 g/mol. The number of sulfonamides is 1. The first kappa shape index (κ1) is 21.5. The second kappa shape index (κ2) is 8.93. The topological polar surface area (TPSA) is 140 Å². The Morgan fingerprint density at radius 2 is 1.93 bits per heavy atom. The second-order valence-corrected chi connectivity index (χ2v) is 8.12. The quantitative estimate of drug-likeness (QED) is 0.599. The lowest BCUT2D eigenvalue weighted by atomic mass is 10.2. The maximum Gasteiger partial charge on any atom is 0.307 e. The summed E-state index contributed by atoms with van der Waals surface area (Å²) in [6, 6.07) is 5.16. The van der Waals surface area contributed by atoms with Crippen molar-refractivity contribution in [2.24, 2.45) is 0 Å². The molecule has 0 bridgehead atoms. The van der Waals surface area contributed by atoms with Crippen LogP contribution < -0.4 is 15.4 Å². The minimum absolute atomic E-state index is 0.0195. The van der Waals surface area contributed by atoms with Gasteiger partial charge in [0, 0.05) is 20.6 Å². The van der Waals surface area contributed by atoms with Crippen molar-refractivity contribution in [2.45, 2.75) is 31.8 Å². The van der Waals surface area contributed by atoms with Gasteiger partial charge in [-0.3, -0.25) is 4.79 Å². The van der Waals surface area contributed by atoms with Gasteiger partial charge in [0.1, 0.15) is 0 Å². The smallest absolute Gasteiger partial charge is 0.307 e. The van der Waals surface area contributed by atoms with Crippen molar-refractivity contribution in [3.05, 3.63) is 35.2 Å². The first-order valence-electron chi connectivity index (χ1n) is 8.49. The van der Waals surface area contributed by atoms with Gasteiger partial charge in [-0.1, -0.05) is 12.1 Å². The number of carbonyl (C=O) groups excluding carboxylic acids is 1. The Bertz CT molecular complexity index is 962. The average Bonchev–Trinajstić information content (AvgIpc) is 2.61. The Labute approximate surface area is 164 Å². The molecule has 0 spiro atoms. The minimum Gasteiger partial charge on any atom is -0.457 e. The first-order chi connectivity index (χ1) is 13.1. The van der Waals surface area contributed by atoms with E-state index in [4.69, 9.17) is 10.5 Å². The van der Waals surface area contributed by atoms with Gasteiger partial charge >= 0.3 is 5.97 Å². The Balaban J connectivity index is 1.88. The summed E-state index contributed by atoms with van der Waals surface area (Å²) in [5.41, 5.74) is 7.07. The van der Waals surface area contributed by atoms with E-state index in [-0.39, 0.29) is 36.2 Å². The van der Waals surface area contributed by atoms with Gasteiger partial charge in [0.05, 0.1) is 11.3 Å². The summed E-state index contributed by atoms with van der Waals surface area (Å²) >= 11 is 0.